The number of carbonyl (C=O) groups is 3. The minimum absolute atomic E-state index is 0.268. The molecule has 4 rings (SSSR count). The van der Waals surface area contributed by atoms with E-state index in [1.54, 1.807) is 37.5 Å². The maximum atomic E-state index is 12.9. The van der Waals surface area contributed by atoms with E-state index < -0.39 is 17.1 Å². The number of hydrogen-bond donors (Lipinski definition) is 1. The highest BCUT2D eigenvalue weighted by molar-refractivity contribution is 8.18. The van der Waals surface area contributed by atoms with Crippen molar-refractivity contribution in [2.75, 3.05) is 25.6 Å². The fraction of sp³-hybridized carbons (Fsp3) is 0.160. The molecule has 1 fully saturated rings. The van der Waals surface area contributed by atoms with Crippen LogP contribution in [0.2, 0.25) is 0 Å². The molecule has 1 heterocycles. The van der Waals surface area contributed by atoms with Crippen LogP contribution in [0.4, 0.5) is 10.5 Å². The van der Waals surface area contributed by atoms with Crippen LogP contribution in [-0.4, -0.2) is 42.2 Å². The number of methoxy groups -OCH3 is 1. The van der Waals surface area contributed by atoms with Gasteiger partial charge in [0.2, 0.25) is 5.91 Å². The topological polar surface area (TPSA) is 84.9 Å². The van der Waals surface area contributed by atoms with Gasteiger partial charge in [0, 0.05) is 11.1 Å². The number of nitrogens with one attached hydrogen (secondary N) is 1. The van der Waals surface area contributed by atoms with Crippen molar-refractivity contribution >= 4 is 51.4 Å². The van der Waals surface area contributed by atoms with Gasteiger partial charge in [-0.05, 0) is 66.0 Å². The molecule has 1 aliphatic heterocycles. The van der Waals surface area contributed by atoms with Gasteiger partial charge in [-0.25, -0.2) is 0 Å². The lowest BCUT2D eigenvalue weighted by Gasteiger charge is -2.13. The molecule has 3 amide bonds. The monoisotopic (exact) mass is 462 g/mol. The van der Waals surface area contributed by atoms with Crippen molar-refractivity contribution in [2.24, 2.45) is 0 Å². The predicted octanol–water partition coefficient (Wildman–Crippen LogP) is 4.92. The van der Waals surface area contributed by atoms with Gasteiger partial charge in [0.15, 0.2) is 0 Å². The van der Waals surface area contributed by atoms with Gasteiger partial charge < -0.3 is 14.8 Å². The maximum Gasteiger partial charge on any atom is 0.294 e. The number of amides is 3. The second kappa shape index (κ2) is 9.79. The molecule has 0 radical (unpaired) electrons. The fourth-order valence-electron chi connectivity index (χ4n) is 3.52. The first-order chi connectivity index (χ1) is 16.0. The molecule has 168 valence electrons. The Hall–Kier alpha value is -3.78. The smallest absolute Gasteiger partial charge is 0.294 e. The zero-order valence-electron chi connectivity index (χ0n) is 18.2. The van der Waals surface area contributed by atoms with Crippen molar-refractivity contribution in [1.82, 2.24) is 4.90 Å². The quantitative estimate of drug-likeness (QED) is 0.502. The normalized spacial score (nSPS) is 14.7. The summed E-state index contributed by atoms with van der Waals surface area (Å²) in [6.45, 7) is 2.07. The van der Waals surface area contributed by atoms with E-state index in [1.807, 2.05) is 43.3 Å². The number of imide groups is 1. The first-order valence-corrected chi connectivity index (χ1v) is 11.2. The van der Waals surface area contributed by atoms with Crippen LogP contribution in [-0.2, 0) is 9.59 Å². The molecule has 0 saturated carbocycles. The van der Waals surface area contributed by atoms with Gasteiger partial charge in [0.05, 0.1) is 18.6 Å². The molecule has 0 aromatic heterocycles. The van der Waals surface area contributed by atoms with Gasteiger partial charge in [-0.15, -0.1) is 0 Å². The number of fused-ring (bicyclic) bond motifs is 1. The fourth-order valence-corrected chi connectivity index (χ4v) is 4.35. The molecule has 0 unspecified atom stereocenters. The van der Waals surface area contributed by atoms with Gasteiger partial charge in [-0.3, -0.25) is 19.3 Å². The molecular formula is C25H22N2O5S. The van der Waals surface area contributed by atoms with Crippen molar-refractivity contribution < 1.29 is 23.9 Å². The summed E-state index contributed by atoms with van der Waals surface area (Å²) in [6, 6.07) is 18.2. The molecule has 3 aromatic carbocycles. The number of anilines is 1. The molecule has 3 aromatic rings. The number of rotatable bonds is 7. The molecule has 33 heavy (non-hydrogen) atoms. The summed E-state index contributed by atoms with van der Waals surface area (Å²) in [4.78, 5) is 39.0. The molecule has 1 saturated heterocycles. The number of nitrogens with zero attached hydrogens (tertiary/aromatic N) is 1. The lowest BCUT2D eigenvalue weighted by molar-refractivity contribution is -0.127. The van der Waals surface area contributed by atoms with Crippen molar-refractivity contribution in [3.8, 4) is 11.5 Å². The van der Waals surface area contributed by atoms with Gasteiger partial charge in [-0.2, -0.15) is 0 Å². The van der Waals surface area contributed by atoms with Gasteiger partial charge >= 0.3 is 0 Å². The molecule has 0 spiro atoms. The highest BCUT2D eigenvalue weighted by Gasteiger charge is 2.36. The summed E-state index contributed by atoms with van der Waals surface area (Å²) in [5.41, 5.74) is 1.34. The third kappa shape index (κ3) is 4.85. The van der Waals surface area contributed by atoms with Gasteiger partial charge in [-0.1, -0.05) is 30.3 Å². The summed E-state index contributed by atoms with van der Waals surface area (Å²) in [6.07, 6.45) is 1.68. The van der Waals surface area contributed by atoms with Crippen molar-refractivity contribution in [3.63, 3.8) is 0 Å². The molecule has 7 nitrogen and oxygen atoms in total. The highest BCUT2D eigenvalue weighted by Crippen LogP contribution is 2.35. The van der Waals surface area contributed by atoms with E-state index >= 15 is 0 Å². The average molecular weight is 463 g/mol. The van der Waals surface area contributed by atoms with E-state index in [0.29, 0.717) is 18.0 Å². The Labute approximate surface area is 195 Å². The van der Waals surface area contributed by atoms with E-state index in [9.17, 15) is 14.4 Å². The lowest BCUT2D eigenvalue weighted by Crippen LogP contribution is -2.36. The molecule has 1 aliphatic rings. The number of carbonyl (C=O) groups excluding carboxylic acids is 3. The molecular weight excluding hydrogens is 440 g/mol. The predicted molar refractivity (Wildman–Crippen MR) is 129 cm³/mol. The number of ether oxygens (including phenoxy) is 2. The summed E-state index contributed by atoms with van der Waals surface area (Å²) >= 11 is 0.822. The zero-order valence-corrected chi connectivity index (χ0v) is 19.0. The minimum Gasteiger partial charge on any atom is -0.496 e. The Bertz CT molecular complexity index is 1250. The Balaban J connectivity index is 1.49. The number of thioether (sulfide) groups is 1. The molecule has 8 heteroatoms. The summed E-state index contributed by atoms with van der Waals surface area (Å²) in [5, 5.41) is 4.02. The van der Waals surface area contributed by atoms with Crippen LogP contribution >= 0.6 is 11.8 Å². The van der Waals surface area contributed by atoms with Crippen LogP contribution in [0.5, 0.6) is 11.5 Å². The van der Waals surface area contributed by atoms with Crippen molar-refractivity contribution in [3.05, 3.63) is 71.1 Å². The minimum atomic E-state index is -0.494. The van der Waals surface area contributed by atoms with Gasteiger partial charge in [0.1, 0.15) is 18.0 Å². The maximum absolute atomic E-state index is 12.9. The van der Waals surface area contributed by atoms with Gasteiger partial charge in [0.25, 0.3) is 11.1 Å². The SMILES string of the molecule is CCOc1ccc(NC(=O)CN2C(=O)S/C(=C/c3ccc(OC)c4ccccc34)C2=O)cc1. The summed E-state index contributed by atoms with van der Waals surface area (Å²) in [7, 11) is 1.60. The van der Waals surface area contributed by atoms with E-state index in [-0.39, 0.29) is 11.4 Å². The molecule has 0 atom stereocenters. The Kier molecular flexibility index (Phi) is 6.65. The second-order valence-electron chi connectivity index (χ2n) is 7.18. The van der Waals surface area contributed by atoms with E-state index in [1.165, 1.54) is 0 Å². The Morgan fingerprint density at radius 3 is 2.45 bits per heavy atom. The Morgan fingerprint density at radius 1 is 1.03 bits per heavy atom. The summed E-state index contributed by atoms with van der Waals surface area (Å²) in [5.74, 6) is 0.462. The zero-order chi connectivity index (χ0) is 23.4. The third-order valence-corrected chi connectivity index (χ3v) is 5.96. The largest absolute Gasteiger partial charge is 0.496 e. The molecule has 1 N–H and O–H groups in total. The van der Waals surface area contributed by atoms with E-state index in [4.69, 9.17) is 9.47 Å². The summed E-state index contributed by atoms with van der Waals surface area (Å²) < 4.78 is 10.8. The molecule has 0 bridgehead atoms. The van der Waals surface area contributed by atoms with E-state index in [2.05, 4.69) is 5.32 Å². The average Bonchev–Trinajstić information content (AvgIpc) is 3.08. The van der Waals surface area contributed by atoms with Crippen LogP contribution in [0.15, 0.2) is 65.6 Å². The van der Waals surface area contributed by atoms with Crippen LogP contribution in [0.1, 0.15) is 12.5 Å². The number of hydrogen-bond acceptors (Lipinski definition) is 6. The van der Waals surface area contributed by atoms with Crippen LogP contribution in [0.25, 0.3) is 16.8 Å². The van der Waals surface area contributed by atoms with E-state index in [0.717, 1.165) is 38.7 Å². The Morgan fingerprint density at radius 2 is 1.76 bits per heavy atom. The molecule has 0 aliphatic carbocycles. The standard InChI is InChI=1S/C25H22N2O5S/c1-3-32-18-11-9-17(10-12-18)26-23(28)15-27-24(29)22(33-25(27)30)14-16-8-13-21(31-2)20-7-5-4-6-19(16)20/h4-14H,3,15H2,1-2H3,(H,26,28)/b22-14+. The number of benzene rings is 3. The van der Waals surface area contributed by atoms with Crippen LogP contribution < -0.4 is 14.8 Å². The first-order valence-electron chi connectivity index (χ1n) is 10.3. The third-order valence-electron chi connectivity index (χ3n) is 5.05. The van der Waals surface area contributed by atoms with Crippen LogP contribution in [0.3, 0.4) is 0 Å². The van der Waals surface area contributed by atoms with Crippen molar-refractivity contribution in [1.29, 1.82) is 0 Å². The van der Waals surface area contributed by atoms with Crippen LogP contribution in [0, 0.1) is 0 Å². The first kappa shape index (κ1) is 22.4. The highest BCUT2D eigenvalue weighted by atomic mass is 32.2. The van der Waals surface area contributed by atoms with Crippen molar-refractivity contribution in [2.45, 2.75) is 6.92 Å². The second-order valence-corrected chi connectivity index (χ2v) is 8.17. The lowest BCUT2D eigenvalue weighted by atomic mass is 10.0.